The number of alkyl carbamates (subject to hydrolysis) is 1. The minimum absolute atomic E-state index is 0.137. The fraction of sp³-hybridized carbons (Fsp3) is 0.615. The van der Waals surface area contributed by atoms with Gasteiger partial charge in [-0.05, 0) is 33.8 Å². The molecule has 0 spiro atoms. The van der Waals surface area contributed by atoms with Gasteiger partial charge in [-0.25, -0.2) is 4.79 Å². The summed E-state index contributed by atoms with van der Waals surface area (Å²) in [5, 5.41) is 3.27. The molecule has 0 aromatic rings. The second-order valence-electron chi connectivity index (χ2n) is 5.28. The number of nitrogens with one attached hydrogen (secondary N) is 1. The van der Waals surface area contributed by atoms with Crippen molar-refractivity contribution in [3.8, 4) is 0 Å². The monoisotopic (exact) mass is 273 g/mol. The zero-order valence-electron chi connectivity index (χ0n) is 11.5. The Kier molecular flexibility index (Phi) is 4.68. The molecule has 1 amide bonds. The molecular formula is C13H20ClNO3. The van der Waals surface area contributed by atoms with Crippen LogP contribution in [0.3, 0.4) is 0 Å². The lowest BCUT2D eigenvalue weighted by molar-refractivity contribution is 0.0526. The van der Waals surface area contributed by atoms with Gasteiger partial charge in [0.15, 0.2) is 0 Å². The summed E-state index contributed by atoms with van der Waals surface area (Å²) in [6, 6.07) is 0. The standard InChI is InChI=1S/C13H20ClNO3/c1-8-6-10(17-11(8)9(2)14)7-15-12(16)18-13(3,4)5/h6,8H,7H2,1-5H3,(H,15,16). The van der Waals surface area contributed by atoms with E-state index in [9.17, 15) is 4.79 Å². The third-order valence-electron chi connectivity index (χ3n) is 2.24. The highest BCUT2D eigenvalue weighted by molar-refractivity contribution is 6.29. The molecule has 18 heavy (non-hydrogen) atoms. The molecule has 1 unspecified atom stereocenters. The molecule has 1 heterocycles. The van der Waals surface area contributed by atoms with E-state index in [1.54, 1.807) is 6.92 Å². The summed E-state index contributed by atoms with van der Waals surface area (Å²) in [4.78, 5) is 11.5. The number of carbonyl (C=O) groups excluding carboxylic acids is 1. The highest BCUT2D eigenvalue weighted by atomic mass is 35.5. The molecule has 0 aliphatic carbocycles. The highest BCUT2D eigenvalue weighted by Crippen LogP contribution is 2.30. The van der Waals surface area contributed by atoms with Crippen LogP contribution in [0.4, 0.5) is 4.79 Å². The van der Waals surface area contributed by atoms with Crippen LogP contribution in [0.5, 0.6) is 0 Å². The van der Waals surface area contributed by atoms with Gasteiger partial charge in [-0.2, -0.15) is 0 Å². The van der Waals surface area contributed by atoms with Gasteiger partial charge in [0.2, 0.25) is 0 Å². The van der Waals surface area contributed by atoms with Crippen molar-refractivity contribution in [3.63, 3.8) is 0 Å². The molecule has 1 atom stereocenters. The van der Waals surface area contributed by atoms with E-state index in [4.69, 9.17) is 21.1 Å². The molecule has 1 rings (SSSR count). The van der Waals surface area contributed by atoms with Crippen LogP contribution in [-0.2, 0) is 9.47 Å². The number of rotatable bonds is 2. The number of amides is 1. The van der Waals surface area contributed by atoms with E-state index in [0.29, 0.717) is 17.3 Å². The largest absolute Gasteiger partial charge is 0.463 e. The van der Waals surface area contributed by atoms with Crippen molar-refractivity contribution in [1.82, 2.24) is 5.32 Å². The van der Waals surface area contributed by atoms with E-state index in [1.807, 2.05) is 33.8 Å². The summed E-state index contributed by atoms with van der Waals surface area (Å²) in [6.07, 6.45) is 1.47. The Labute approximate surface area is 113 Å². The molecule has 0 fully saturated rings. The molecule has 0 saturated carbocycles. The van der Waals surface area contributed by atoms with Crippen molar-refractivity contribution in [2.24, 2.45) is 5.92 Å². The van der Waals surface area contributed by atoms with Crippen LogP contribution >= 0.6 is 11.6 Å². The predicted octanol–water partition coefficient (Wildman–Crippen LogP) is 3.53. The average molecular weight is 274 g/mol. The van der Waals surface area contributed by atoms with Gasteiger partial charge in [0.1, 0.15) is 17.1 Å². The minimum atomic E-state index is -0.500. The molecule has 4 nitrogen and oxygen atoms in total. The quantitative estimate of drug-likeness (QED) is 0.837. The molecule has 0 aromatic carbocycles. The fourth-order valence-corrected chi connectivity index (χ4v) is 1.79. The van der Waals surface area contributed by atoms with Crippen LogP contribution in [0.2, 0.25) is 0 Å². The summed E-state index contributed by atoms with van der Waals surface area (Å²) in [7, 11) is 0. The van der Waals surface area contributed by atoms with Gasteiger partial charge in [0.05, 0.1) is 11.6 Å². The van der Waals surface area contributed by atoms with E-state index in [0.717, 1.165) is 5.76 Å². The van der Waals surface area contributed by atoms with E-state index in [-0.39, 0.29) is 5.92 Å². The van der Waals surface area contributed by atoms with Crippen molar-refractivity contribution in [3.05, 3.63) is 22.6 Å². The maximum absolute atomic E-state index is 11.5. The normalized spacial score (nSPS) is 22.1. The number of carbonyl (C=O) groups is 1. The average Bonchev–Trinajstić information content (AvgIpc) is 2.54. The second kappa shape index (κ2) is 5.65. The van der Waals surface area contributed by atoms with Crippen LogP contribution in [0.1, 0.15) is 34.6 Å². The van der Waals surface area contributed by atoms with Crippen molar-refractivity contribution in [2.75, 3.05) is 6.54 Å². The third kappa shape index (κ3) is 4.61. The molecule has 102 valence electrons. The van der Waals surface area contributed by atoms with E-state index in [2.05, 4.69) is 5.32 Å². The summed E-state index contributed by atoms with van der Waals surface area (Å²) in [5.74, 6) is 1.55. The van der Waals surface area contributed by atoms with Crippen molar-refractivity contribution in [1.29, 1.82) is 0 Å². The number of ether oxygens (including phenoxy) is 2. The first-order valence-corrected chi connectivity index (χ1v) is 6.28. The Balaban J connectivity index is 2.45. The lowest BCUT2D eigenvalue weighted by atomic mass is 10.1. The molecule has 1 aliphatic heterocycles. The number of hydrogen-bond acceptors (Lipinski definition) is 3. The van der Waals surface area contributed by atoms with E-state index in [1.165, 1.54) is 0 Å². The Hall–Kier alpha value is -1.16. The van der Waals surface area contributed by atoms with Crippen molar-refractivity contribution >= 4 is 17.7 Å². The topological polar surface area (TPSA) is 47.6 Å². The molecular weight excluding hydrogens is 254 g/mol. The molecule has 0 aromatic heterocycles. The van der Waals surface area contributed by atoms with Gasteiger partial charge in [0.25, 0.3) is 0 Å². The Morgan fingerprint density at radius 1 is 1.56 bits per heavy atom. The summed E-state index contributed by atoms with van der Waals surface area (Å²) in [6.45, 7) is 9.52. The number of hydrogen-bond donors (Lipinski definition) is 1. The number of halogens is 1. The second-order valence-corrected chi connectivity index (χ2v) is 5.84. The SMILES string of the molecule is CC(Cl)=C1OC(CNC(=O)OC(C)(C)C)=CC1C. The maximum atomic E-state index is 11.5. The molecule has 1 aliphatic rings. The van der Waals surface area contributed by atoms with Gasteiger partial charge in [-0.3, -0.25) is 0 Å². The first-order valence-electron chi connectivity index (χ1n) is 5.90. The smallest absolute Gasteiger partial charge is 0.408 e. The van der Waals surface area contributed by atoms with Gasteiger partial charge in [-0.15, -0.1) is 0 Å². The summed E-state index contributed by atoms with van der Waals surface area (Å²) in [5.41, 5.74) is -0.500. The van der Waals surface area contributed by atoms with E-state index < -0.39 is 11.7 Å². The zero-order chi connectivity index (χ0) is 13.9. The molecule has 0 saturated heterocycles. The first kappa shape index (κ1) is 14.9. The molecule has 5 heteroatoms. The maximum Gasteiger partial charge on any atom is 0.408 e. The zero-order valence-corrected chi connectivity index (χ0v) is 12.2. The molecule has 0 bridgehead atoms. The van der Waals surface area contributed by atoms with Crippen LogP contribution in [-0.4, -0.2) is 18.2 Å². The van der Waals surface area contributed by atoms with Crippen LogP contribution in [0, 0.1) is 5.92 Å². The fourth-order valence-electron chi connectivity index (χ4n) is 1.58. The first-order chi connectivity index (χ1) is 8.19. The lowest BCUT2D eigenvalue weighted by Gasteiger charge is -2.19. The van der Waals surface area contributed by atoms with Crippen LogP contribution in [0.25, 0.3) is 0 Å². The minimum Gasteiger partial charge on any atom is -0.463 e. The van der Waals surface area contributed by atoms with E-state index >= 15 is 0 Å². The van der Waals surface area contributed by atoms with Crippen LogP contribution in [0.15, 0.2) is 22.6 Å². The van der Waals surface area contributed by atoms with Crippen molar-refractivity contribution in [2.45, 2.75) is 40.2 Å². The Bertz CT molecular complexity index is 390. The summed E-state index contributed by atoms with van der Waals surface area (Å²) >= 11 is 5.90. The highest BCUT2D eigenvalue weighted by Gasteiger charge is 2.22. The Morgan fingerprint density at radius 3 is 2.61 bits per heavy atom. The van der Waals surface area contributed by atoms with Gasteiger partial charge in [0, 0.05) is 5.92 Å². The van der Waals surface area contributed by atoms with Crippen LogP contribution < -0.4 is 5.32 Å². The molecule has 1 N–H and O–H groups in total. The molecule has 0 radical (unpaired) electrons. The van der Waals surface area contributed by atoms with Gasteiger partial charge in [-0.1, -0.05) is 18.5 Å². The lowest BCUT2D eigenvalue weighted by Crippen LogP contribution is -2.33. The third-order valence-corrected chi connectivity index (χ3v) is 2.42. The number of allylic oxidation sites excluding steroid dienone is 2. The Morgan fingerprint density at radius 2 is 2.17 bits per heavy atom. The predicted molar refractivity (Wildman–Crippen MR) is 71.1 cm³/mol. The van der Waals surface area contributed by atoms with Gasteiger partial charge >= 0.3 is 6.09 Å². The summed E-state index contributed by atoms with van der Waals surface area (Å²) < 4.78 is 10.7. The van der Waals surface area contributed by atoms with Gasteiger partial charge < -0.3 is 14.8 Å². The van der Waals surface area contributed by atoms with Crippen molar-refractivity contribution < 1.29 is 14.3 Å².